The Morgan fingerprint density at radius 2 is 1.73 bits per heavy atom. The standard InChI is InChI=1S/C34H37N7O7/c35-30-27-31(39-20-38-30)41(32-29(44)28(43)26(18-42)48-32)33(40-27)37-17-22-9-4-10-23(15-22)24-11-5-12-25(16-24)46-14-6-13-36-34(45)47-19-21-7-2-1-3-8-21/h1-5,7-12,15-16,20,26,28-29,32,42-44H,6,13-14,17-19H2,(H,36,45)(H,37,40)(H2,35,38,39)/t26-,28-,29-,32-/m1/s1. The number of aliphatic hydroxyl groups excluding tert-OH is 3. The molecule has 7 N–H and O–H groups in total. The fourth-order valence-corrected chi connectivity index (χ4v) is 5.42. The maximum absolute atomic E-state index is 12.0. The molecular formula is C34H37N7O7. The third-order valence-corrected chi connectivity index (χ3v) is 7.89. The number of anilines is 2. The normalized spacial score (nSPS) is 18.9. The number of amides is 1. The molecule has 5 aromatic rings. The van der Waals surface area contributed by atoms with Gasteiger partial charge in [0, 0.05) is 13.1 Å². The maximum Gasteiger partial charge on any atom is 0.407 e. The number of rotatable bonds is 13. The van der Waals surface area contributed by atoms with Crippen LogP contribution in [0.4, 0.5) is 16.6 Å². The van der Waals surface area contributed by atoms with Gasteiger partial charge in [0.05, 0.1) is 13.2 Å². The lowest BCUT2D eigenvalue weighted by Crippen LogP contribution is -2.33. The van der Waals surface area contributed by atoms with Crippen molar-refractivity contribution >= 4 is 29.0 Å². The first-order valence-corrected chi connectivity index (χ1v) is 15.5. The molecule has 4 atom stereocenters. The second-order valence-corrected chi connectivity index (χ2v) is 11.2. The number of nitrogens with one attached hydrogen (secondary N) is 2. The zero-order valence-corrected chi connectivity index (χ0v) is 26.0. The summed E-state index contributed by atoms with van der Waals surface area (Å²) in [5.41, 5.74) is 10.5. The molecular weight excluding hydrogens is 618 g/mol. The number of aliphatic hydroxyl groups is 3. The van der Waals surface area contributed by atoms with Gasteiger partial charge in [0.2, 0.25) is 5.95 Å². The van der Waals surface area contributed by atoms with Crippen molar-refractivity contribution in [3.8, 4) is 16.9 Å². The van der Waals surface area contributed by atoms with Crippen molar-refractivity contribution in [2.24, 2.45) is 0 Å². The van der Waals surface area contributed by atoms with Crippen LogP contribution >= 0.6 is 0 Å². The summed E-state index contributed by atoms with van der Waals surface area (Å²) in [6.45, 7) is 0.927. The van der Waals surface area contributed by atoms with Gasteiger partial charge in [-0.25, -0.2) is 19.7 Å². The number of benzene rings is 3. The summed E-state index contributed by atoms with van der Waals surface area (Å²) in [7, 11) is 0. The molecule has 3 heterocycles. The van der Waals surface area contributed by atoms with Gasteiger partial charge < -0.3 is 45.9 Å². The van der Waals surface area contributed by atoms with E-state index in [2.05, 4.69) is 25.6 Å². The molecule has 1 fully saturated rings. The number of hydrogen-bond donors (Lipinski definition) is 6. The molecule has 0 spiro atoms. The Morgan fingerprint density at radius 3 is 2.52 bits per heavy atom. The van der Waals surface area contributed by atoms with Crippen LogP contribution in [0.2, 0.25) is 0 Å². The molecule has 250 valence electrons. The monoisotopic (exact) mass is 655 g/mol. The Bertz CT molecular complexity index is 1840. The van der Waals surface area contributed by atoms with Gasteiger partial charge in [-0.3, -0.25) is 4.57 Å². The minimum atomic E-state index is -1.34. The van der Waals surface area contributed by atoms with Crippen LogP contribution in [0, 0.1) is 0 Å². The first kappa shape index (κ1) is 32.7. The van der Waals surface area contributed by atoms with E-state index in [9.17, 15) is 20.1 Å². The third kappa shape index (κ3) is 7.47. The number of aromatic nitrogens is 4. The highest BCUT2D eigenvalue weighted by Crippen LogP contribution is 2.35. The Labute approximate surface area is 276 Å². The average molecular weight is 656 g/mol. The molecule has 0 unspecified atom stereocenters. The molecule has 6 rings (SSSR count). The number of nitrogen functional groups attached to an aromatic ring is 1. The van der Waals surface area contributed by atoms with Crippen LogP contribution in [0.25, 0.3) is 22.3 Å². The highest BCUT2D eigenvalue weighted by atomic mass is 16.6. The molecule has 1 aliphatic rings. The van der Waals surface area contributed by atoms with E-state index in [1.54, 1.807) is 0 Å². The van der Waals surface area contributed by atoms with Crippen molar-refractivity contribution in [2.75, 3.05) is 30.8 Å². The Hall–Kier alpha value is -5.28. The van der Waals surface area contributed by atoms with Gasteiger partial charge in [-0.2, -0.15) is 0 Å². The van der Waals surface area contributed by atoms with E-state index < -0.39 is 37.2 Å². The highest BCUT2D eigenvalue weighted by Gasteiger charge is 2.45. The minimum absolute atomic E-state index is 0.148. The summed E-state index contributed by atoms with van der Waals surface area (Å²) in [5, 5.41) is 36.7. The van der Waals surface area contributed by atoms with Gasteiger partial charge >= 0.3 is 6.09 Å². The van der Waals surface area contributed by atoms with Crippen LogP contribution in [-0.2, 0) is 22.6 Å². The van der Waals surface area contributed by atoms with E-state index in [1.807, 2.05) is 78.9 Å². The summed E-state index contributed by atoms with van der Waals surface area (Å²) in [6, 6.07) is 25.2. The van der Waals surface area contributed by atoms with Crippen LogP contribution in [0.5, 0.6) is 5.75 Å². The average Bonchev–Trinajstić information content (AvgIpc) is 3.63. The lowest BCUT2D eigenvalue weighted by Gasteiger charge is -2.19. The zero-order valence-electron chi connectivity index (χ0n) is 26.0. The van der Waals surface area contributed by atoms with Crippen LogP contribution in [0.15, 0.2) is 85.2 Å². The number of fused-ring (bicyclic) bond motifs is 1. The molecule has 1 amide bonds. The number of carbonyl (C=O) groups excluding carboxylic acids is 1. The number of nitrogens with two attached hydrogens (primary N) is 1. The number of imidazole rings is 1. The minimum Gasteiger partial charge on any atom is -0.494 e. The predicted molar refractivity (Wildman–Crippen MR) is 177 cm³/mol. The lowest BCUT2D eigenvalue weighted by atomic mass is 10.0. The number of alkyl carbamates (subject to hydrolysis) is 1. The van der Waals surface area contributed by atoms with Gasteiger partial charge in [0.25, 0.3) is 0 Å². The number of hydrogen-bond acceptors (Lipinski definition) is 12. The molecule has 14 heteroatoms. The van der Waals surface area contributed by atoms with Gasteiger partial charge in [0.15, 0.2) is 23.2 Å². The van der Waals surface area contributed by atoms with E-state index in [0.717, 1.165) is 22.3 Å². The molecule has 3 aromatic carbocycles. The van der Waals surface area contributed by atoms with Crippen molar-refractivity contribution in [3.05, 3.63) is 96.3 Å². The van der Waals surface area contributed by atoms with Crippen LogP contribution < -0.4 is 21.1 Å². The first-order valence-electron chi connectivity index (χ1n) is 15.5. The van der Waals surface area contributed by atoms with Crippen molar-refractivity contribution < 1.29 is 34.3 Å². The topological polar surface area (TPSA) is 199 Å². The van der Waals surface area contributed by atoms with Crippen molar-refractivity contribution in [2.45, 2.75) is 44.1 Å². The summed E-state index contributed by atoms with van der Waals surface area (Å²) < 4.78 is 18.5. The highest BCUT2D eigenvalue weighted by molar-refractivity contribution is 5.84. The molecule has 14 nitrogen and oxygen atoms in total. The first-order chi connectivity index (χ1) is 23.4. The molecule has 1 saturated heterocycles. The van der Waals surface area contributed by atoms with Gasteiger partial charge in [0.1, 0.15) is 37.0 Å². The molecule has 0 radical (unpaired) electrons. The summed E-state index contributed by atoms with van der Waals surface area (Å²) in [4.78, 5) is 24.8. The largest absolute Gasteiger partial charge is 0.494 e. The lowest BCUT2D eigenvalue weighted by molar-refractivity contribution is -0.0501. The van der Waals surface area contributed by atoms with Crippen LogP contribution in [0.3, 0.4) is 0 Å². The molecule has 0 aliphatic carbocycles. The second-order valence-electron chi connectivity index (χ2n) is 11.2. The SMILES string of the molecule is Nc1ncnc2c1nc(NCc1cccc(-c3cccc(OCCCNC(=O)OCc4ccccc4)c3)c1)n2[C@@H]1O[C@H](CO)[C@@H](O)[C@H]1O. The van der Waals surface area contributed by atoms with Gasteiger partial charge in [-0.05, 0) is 46.9 Å². The molecule has 48 heavy (non-hydrogen) atoms. The van der Waals surface area contributed by atoms with E-state index in [4.69, 9.17) is 19.9 Å². The van der Waals surface area contributed by atoms with Crippen molar-refractivity contribution in [1.82, 2.24) is 24.8 Å². The van der Waals surface area contributed by atoms with Gasteiger partial charge in [-0.1, -0.05) is 60.7 Å². The van der Waals surface area contributed by atoms with Crippen LogP contribution in [-0.4, -0.2) is 79.0 Å². The molecule has 0 saturated carbocycles. The second kappa shape index (κ2) is 15.1. The number of carbonyl (C=O) groups is 1. The fourth-order valence-electron chi connectivity index (χ4n) is 5.42. The number of nitrogens with zero attached hydrogens (tertiary/aromatic N) is 4. The fraction of sp³-hybridized carbons (Fsp3) is 0.294. The number of ether oxygens (including phenoxy) is 3. The van der Waals surface area contributed by atoms with E-state index in [0.29, 0.717) is 49.0 Å². The van der Waals surface area contributed by atoms with E-state index >= 15 is 0 Å². The Morgan fingerprint density at radius 1 is 0.958 bits per heavy atom. The van der Waals surface area contributed by atoms with E-state index in [-0.39, 0.29) is 12.4 Å². The maximum atomic E-state index is 12.0. The smallest absolute Gasteiger partial charge is 0.407 e. The van der Waals surface area contributed by atoms with Crippen molar-refractivity contribution in [3.63, 3.8) is 0 Å². The Kier molecular flexibility index (Phi) is 10.3. The quantitative estimate of drug-likeness (QED) is 0.102. The van der Waals surface area contributed by atoms with Crippen LogP contribution in [0.1, 0.15) is 23.8 Å². The molecule has 2 aromatic heterocycles. The third-order valence-electron chi connectivity index (χ3n) is 7.89. The zero-order chi connectivity index (χ0) is 33.5. The van der Waals surface area contributed by atoms with Crippen molar-refractivity contribution in [1.29, 1.82) is 0 Å². The predicted octanol–water partition coefficient (Wildman–Crippen LogP) is 2.99. The summed E-state index contributed by atoms with van der Waals surface area (Å²) >= 11 is 0. The molecule has 1 aliphatic heterocycles. The van der Waals surface area contributed by atoms with Gasteiger partial charge in [-0.15, -0.1) is 0 Å². The summed E-state index contributed by atoms with van der Waals surface area (Å²) in [5.74, 6) is 1.15. The Balaban J connectivity index is 1.06. The summed E-state index contributed by atoms with van der Waals surface area (Å²) in [6.07, 6.45) is -3.27. The molecule has 0 bridgehead atoms. The van der Waals surface area contributed by atoms with E-state index in [1.165, 1.54) is 10.9 Å².